The number of halogens is 1. The van der Waals surface area contributed by atoms with Crippen LogP contribution in [0.3, 0.4) is 0 Å². The summed E-state index contributed by atoms with van der Waals surface area (Å²) < 4.78 is 10.8. The first-order valence-electron chi connectivity index (χ1n) is 8.20. The van der Waals surface area contributed by atoms with E-state index in [1.165, 1.54) is 0 Å². The molecular weight excluding hydrogens is 328 g/mol. The maximum absolute atomic E-state index is 6.15. The van der Waals surface area contributed by atoms with Crippen molar-refractivity contribution in [3.8, 4) is 11.5 Å². The standard InChI is InChI=1S/C17H23ClN4O2/c1-23-14-9-12-13(10-15(14)24-2)20-17(18)21-16(12)22-7-4-11(3-6-19)5-8-22/h9-11H,3-8,19H2,1-2H3. The van der Waals surface area contributed by atoms with E-state index in [4.69, 9.17) is 26.8 Å². The number of nitrogens with two attached hydrogens (primary N) is 1. The van der Waals surface area contributed by atoms with Crippen molar-refractivity contribution in [1.82, 2.24) is 9.97 Å². The predicted octanol–water partition coefficient (Wildman–Crippen LogP) is 2.87. The average molecular weight is 351 g/mol. The number of aromatic nitrogens is 2. The van der Waals surface area contributed by atoms with Gasteiger partial charge in [0, 0.05) is 24.5 Å². The summed E-state index contributed by atoms with van der Waals surface area (Å²) in [4.78, 5) is 11.1. The molecule has 0 radical (unpaired) electrons. The molecule has 3 rings (SSSR count). The predicted molar refractivity (Wildman–Crippen MR) is 96.3 cm³/mol. The van der Waals surface area contributed by atoms with Gasteiger partial charge in [0.25, 0.3) is 0 Å². The lowest BCUT2D eigenvalue weighted by molar-refractivity contribution is 0.355. The molecule has 2 aromatic rings. The number of piperidine rings is 1. The van der Waals surface area contributed by atoms with Gasteiger partial charge in [-0.05, 0) is 49.4 Å². The molecule has 0 amide bonds. The Morgan fingerprint density at radius 2 is 1.83 bits per heavy atom. The van der Waals surface area contributed by atoms with Crippen LogP contribution in [0.2, 0.25) is 5.28 Å². The molecule has 0 spiro atoms. The summed E-state index contributed by atoms with van der Waals surface area (Å²) in [5, 5.41) is 1.17. The molecule has 0 saturated carbocycles. The Labute approximate surface area is 146 Å². The largest absolute Gasteiger partial charge is 0.493 e. The van der Waals surface area contributed by atoms with E-state index in [2.05, 4.69) is 14.9 Å². The van der Waals surface area contributed by atoms with Gasteiger partial charge in [-0.3, -0.25) is 0 Å². The minimum absolute atomic E-state index is 0.244. The van der Waals surface area contributed by atoms with Gasteiger partial charge in [-0.2, -0.15) is 4.98 Å². The minimum atomic E-state index is 0.244. The van der Waals surface area contributed by atoms with Crippen LogP contribution in [0, 0.1) is 5.92 Å². The van der Waals surface area contributed by atoms with Crippen molar-refractivity contribution in [3.63, 3.8) is 0 Å². The molecule has 0 unspecified atom stereocenters. The Balaban J connectivity index is 1.98. The van der Waals surface area contributed by atoms with Crippen LogP contribution in [-0.2, 0) is 0 Å². The Bertz CT molecular complexity index is 717. The fraction of sp³-hybridized carbons (Fsp3) is 0.529. The van der Waals surface area contributed by atoms with E-state index in [-0.39, 0.29) is 5.28 Å². The van der Waals surface area contributed by atoms with Crippen LogP contribution < -0.4 is 20.1 Å². The van der Waals surface area contributed by atoms with Crippen molar-refractivity contribution in [2.75, 3.05) is 38.8 Å². The lowest BCUT2D eigenvalue weighted by Gasteiger charge is -2.33. The summed E-state index contributed by atoms with van der Waals surface area (Å²) in [6.07, 6.45) is 3.32. The van der Waals surface area contributed by atoms with Crippen LogP contribution in [0.25, 0.3) is 10.9 Å². The molecule has 0 aliphatic carbocycles. The molecule has 1 aromatic carbocycles. The molecule has 2 heterocycles. The Kier molecular flexibility index (Phi) is 5.26. The molecule has 0 atom stereocenters. The van der Waals surface area contributed by atoms with E-state index in [0.717, 1.165) is 55.6 Å². The van der Waals surface area contributed by atoms with Crippen molar-refractivity contribution in [2.24, 2.45) is 11.7 Å². The van der Waals surface area contributed by atoms with Gasteiger partial charge in [-0.1, -0.05) is 0 Å². The first-order chi connectivity index (χ1) is 11.7. The smallest absolute Gasteiger partial charge is 0.224 e. The molecule has 1 fully saturated rings. The highest BCUT2D eigenvalue weighted by atomic mass is 35.5. The molecule has 130 valence electrons. The van der Waals surface area contributed by atoms with Crippen molar-refractivity contribution < 1.29 is 9.47 Å². The lowest BCUT2D eigenvalue weighted by atomic mass is 9.93. The van der Waals surface area contributed by atoms with E-state index >= 15 is 0 Å². The van der Waals surface area contributed by atoms with Crippen molar-refractivity contribution in [1.29, 1.82) is 0 Å². The molecule has 24 heavy (non-hydrogen) atoms. The average Bonchev–Trinajstić information content (AvgIpc) is 2.60. The highest BCUT2D eigenvalue weighted by Crippen LogP contribution is 2.36. The van der Waals surface area contributed by atoms with Crippen LogP contribution in [-0.4, -0.2) is 43.8 Å². The van der Waals surface area contributed by atoms with Gasteiger partial charge in [0.1, 0.15) is 5.82 Å². The zero-order valence-corrected chi connectivity index (χ0v) is 14.8. The second-order valence-corrected chi connectivity index (χ2v) is 6.39. The van der Waals surface area contributed by atoms with Crippen LogP contribution in [0.4, 0.5) is 5.82 Å². The number of benzene rings is 1. The molecule has 7 heteroatoms. The van der Waals surface area contributed by atoms with E-state index in [1.807, 2.05) is 12.1 Å². The van der Waals surface area contributed by atoms with E-state index < -0.39 is 0 Å². The topological polar surface area (TPSA) is 73.5 Å². The monoisotopic (exact) mass is 350 g/mol. The second-order valence-electron chi connectivity index (χ2n) is 6.05. The molecule has 1 aliphatic heterocycles. The maximum atomic E-state index is 6.15. The third-order valence-corrected chi connectivity index (χ3v) is 4.81. The first kappa shape index (κ1) is 17.0. The van der Waals surface area contributed by atoms with Gasteiger partial charge in [0.15, 0.2) is 11.5 Å². The molecule has 1 saturated heterocycles. The molecule has 1 aliphatic rings. The summed E-state index contributed by atoms with van der Waals surface area (Å²) in [5.74, 6) is 2.85. The quantitative estimate of drug-likeness (QED) is 0.836. The summed E-state index contributed by atoms with van der Waals surface area (Å²) in [7, 11) is 3.23. The third-order valence-electron chi connectivity index (χ3n) is 4.64. The summed E-state index contributed by atoms with van der Waals surface area (Å²) in [6, 6.07) is 3.76. The maximum Gasteiger partial charge on any atom is 0.224 e. The van der Waals surface area contributed by atoms with Gasteiger partial charge in [-0.15, -0.1) is 0 Å². The number of hydrogen-bond acceptors (Lipinski definition) is 6. The van der Waals surface area contributed by atoms with Crippen molar-refractivity contribution in [2.45, 2.75) is 19.3 Å². The summed E-state index contributed by atoms with van der Waals surface area (Å²) in [5.41, 5.74) is 6.44. The van der Waals surface area contributed by atoms with Crippen LogP contribution in [0.5, 0.6) is 11.5 Å². The Hall–Kier alpha value is -1.79. The van der Waals surface area contributed by atoms with Gasteiger partial charge in [0.2, 0.25) is 5.28 Å². The summed E-state index contributed by atoms with van der Waals surface area (Å²) >= 11 is 6.15. The zero-order valence-electron chi connectivity index (χ0n) is 14.1. The normalized spacial score (nSPS) is 15.8. The van der Waals surface area contributed by atoms with E-state index in [9.17, 15) is 0 Å². The molecule has 0 bridgehead atoms. The number of nitrogens with zero attached hydrogens (tertiary/aromatic N) is 3. The Morgan fingerprint density at radius 3 is 2.46 bits per heavy atom. The Morgan fingerprint density at radius 1 is 1.17 bits per heavy atom. The van der Waals surface area contributed by atoms with Crippen LogP contribution in [0.15, 0.2) is 12.1 Å². The van der Waals surface area contributed by atoms with Gasteiger partial charge < -0.3 is 20.1 Å². The van der Waals surface area contributed by atoms with Crippen molar-refractivity contribution >= 4 is 28.3 Å². The number of ether oxygens (including phenoxy) is 2. The zero-order chi connectivity index (χ0) is 17.1. The highest BCUT2D eigenvalue weighted by molar-refractivity contribution is 6.28. The molecular formula is C17H23ClN4O2. The van der Waals surface area contributed by atoms with Gasteiger partial charge >= 0.3 is 0 Å². The molecule has 6 nitrogen and oxygen atoms in total. The van der Waals surface area contributed by atoms with Crippen LogP contribution >= 0.6 is 11.6 Å². The number of fused-ring (bicyclic) bond motifs is 1. The highest BCUT2D eigenvalue weighted by Gasteiger charge is 2.23. The van der Waals surface area contributed by atoms with Gasteiger partial charge in [0.05, 0.1) is 19.7 Å². The number of rotatable bonds is 5. The fourth-order valence-electron chi connectivity index (χ4n) is 3.32. The number of anilines is 1. The van der Waals surface area contributed by atoms with Gasteiger partial charge in [-0.25, -0.2) is 4.98 Å². The fourth-order valence-corrected chi connectivity index (χ4v) is 3.49. The number of hydrogen-bond donors (Lipinski definition) is 1. The number of methoxy groups -OCH3 is 2. The lowest BCUT2D eigenvalue weighted by Crippen LogP contribution is -2.35. The van der Waals surface area contributed by atoms with Crippen LogP contribution in [0.1, 0.15) is 19.3 Å². The molecule has 2 N–H and O–H groups in total. The third kappa shape index (κ3) is 3.35. The van der Waals surface area contributed by atoms with E-state index in [1.54, 1.807) is 14.2 Å². The summed E-state index contributed by atoms with van der Waals surface area (Å²) in [6.45, 7) is 2.65. The SMILES string of the molecule is COc1cc2nc(Cl)nc(N3CCC(CCN)CC3)c2cc1OC. The first-order valence-corrected chi connectivity index (χ1v) is 8.58. The second kappa shape index (κ2) is 7.40. The minimum Gasteiger partial charge on any atom is -0.493 e. The van der Waals surface area contributed by atoms with E-state index in [0.29, 0.717) is 17.4 Å². The molecule has 1 aromatic heterocycles. The van der Waals surface area contributed by atoms with Crippen molar-refractivity contribution in [3.05, 3.63) is 17.4 Å².